The number of aryl methyl sites for hydroxylation is 2. The Balaban J connectivity index is 1.79. The molecule has 1 amide bonds. The van der Waals surface area contributed by atoms with Crippen molar-refractivity contribution in [3.63, 3.8) is 0 Å². The second-order valence-corrected chi connectivity index (χ2v) is 5.08. The van der Waals surface area contributed by atoms with Crippen LogP contribution in [0.15, 0.2) is 54.9 Å². The van der Waals surface area contributed by atoms with Crippen molar-refractivity contribution < 1.29 is 4.79 Å². The van der Waals surface area contributed by atoms with Gasteiger partial charge in [0.1, 0.15) is 0 Å². The molecule has 1 N–H and O–H groups in total. The van der Waals surface area contributed by atoms with Gasteiger partial charge in [-0.05, 0) is 56.3 Å². The Hall–Kier alpha value is -2.95. The molecule has 3 rings (SSSR count). The molecule has 5 heteroatoms. The summed E-state index contributed by atoms with van der Waals surface area (Å²) < 4.78 is 1.86. The minimum absolute atomic E-state index is 0.147. The van der Waals surface area contributed by atoms with Gasteiger partial charge in [-0.2, -0.15) is 5.10 Å². The van der Waals surface area contributed by atoms with E-state index in [0.29, 0.717) is 5.56 Å². The second-order valence-electron chi connectivity index (χ2n) is 5.08. The number of aromatic nitrogens is 3. The molecule has 0 saturated heterocycles. The van der Waals surface area contributed by atoms with Crippen LogP contribution in [0.4, 0.5) is 5.69 Å². The van der Waals surface area contributed by atoms with E-state index in [1.165, 1.54) is 0 Å². The Morgan fingerprint density at radius 2 is 1.73 bits per heavy atom. The lowest BCUT2D eigenvalue weighted by Crippen LogP contribution is -2.12. The second kappa shape index (κ2) is 5.81. The Kier molecular flexibility index (Phi) is 3.70. The summed E-state index contributed by atoms with van der Waals surface area (Å²) in [5.41, 5.74) is 4.29. The molecular weight excluding hydrogens is 276 g/mol. The van der Waals surface area contributed by atoms with Crippen LogP contribution in [0.1, 0.15) is 21.7 Å². The largest absolute Gasteiger partial charge is 0.322 e. The predicted molar refractivity (Wildman–Crippen MR) is 85.2 cm³/mol. The molecular formula is C17H16N4O. The Morgan fingerprint density at radius 3 is 2.32 bits per heavy atom. The van der Waals surface area contributed by atoms with Crippen LogP contribution in [0.3, 0.4) is 0 Å². The first kappa shape index (κ1) is 14.0. The van der Waals surface area contributed by atoms with Gasteiger partial charge in [-0.25, -0.2) is 4.68 Å². The van der Waals surface area contributed by atoms with E-state index in [0.717, 1.165) is 22.8 Å². The normalized spacial score (nSPS) is 10.5. The van der Waals surface area contributed by atoms with E-state index >= 15 is 0 Å². The number of anilines is 1. The zero-order valence-electron chi connectivity index (χ0n) is 12.4. The highest BCUT2D eigenvalue weighted by atomic mass is 16.1. The van der Waals surface area contributed by atoms with Gasteiger partial charge in [-0.1, -0.05) is 0 Å². The smallest absolute Gasteiger partial charge is 0.255 e. The number of hydrogen-bond donors (Lipinski definition) is 1. The van der Waals surface area contributed by atoms with Crippen LogP contribution < -0.4 is 5.32 Å². The number of amides is 1. The lowest BCUT2D eigenvalue weighted by molar-refractivity contribution is 0.102. The monoisotopic (exact) mass is 292 g/mol. The van der Waals surface area contributed by atoms with E-state index < -0.39 is 0 Å². The van der Waals surface area contributed by atoms with Crippen molar-refractivity contribution in [1.82, 2.24) is 14.8 Å². The van der Waals surface area contributed by atoms with Crippen molar-refractivity contribution in [2.45, 2.75) is 13.8 Å². The van der Waals surface area contributed by atoms with Crippen LogP contribution in [0.5, 0.6) is 0 Å². The van der Waals surface area contributed by atoms with Gasteiger partial charge in [0, 0.05) is 29.3 Å². The zero-order chi connectivity index (χ0) is 15.5. The fraction of sp³-hybridized carbons (Fsp3) is 0.118. The van der Waals surface area contributed by atoms with E-state index in [4.69, 9.17) is 0 Å². The predicted octanol–water partition coefficient (Wildman–Crippen LogP) is 3.14. The Morgan fingerprint density at radius 1 is 1.05 bits per heavy atom. The molecule has 0 radical (unpaired) electrons. The minimum atomic E-state index is -0.147. The summed E-state index contributed by atoms with van der Waals surface area (Å²) in [6.45, 7) is 3.96. The molecule has 5 nitrogen and oxygen atoms in total. The molecule has 0 fully saturated rings. The quantitative estimate of drug-likeness (QED) is 0.806. The highest BCUT2D eigenvalue weighted by Crippen LogP contribution is 2.14. The van der Waals surface area contributed by atoms with Crippen molar-refractivity contribution in [3.05, 3.63) is 71.8 Å². The van der Waals surface area contributed by atoms with Crippen molar-refractivity contribution >= 4 is 11.6 Å². The van der Waals surface area contributed by atoms with Crippen LogP contribution in [-0.4, -0.2) is 20.7 Å². The maximum atomic E-state index is 12.2. The molecule has 0 aliphatic heterocycles. The maximum absolute atomic E-state index is 12.2. The van der Waals surface area contributed by atoms with Gasteiger partial charge >= 0.3 is 0 Å². The van der Waals surface area contributed by atoms with Crippen LogP contribution in [0, 0.1) is 13.8 Å². The standard InChI is InChI=1S/C17H16N4O/c1-12-11-13(2)21(20-12)16-5-3-14(4-6-16)17(22)19-15-7-9-18-10-8-15/h3-11H,1-2H3,(H,18,19,22). The van der Waals surface area contributed by atoms with Crippen LogP contribution in [0.2, 0.25) is 0 Å². The Bertz CT molecular complexity index is 791. The molecule has 0 unspecified atom stereocenters. The summed E-state index contributed by atoms with van der Waals surface area (Å²) >= 11 is 0. The third-order valence-corrected chi connectivity index (χ3v) is 3.32. The number of carbonyl (C=O) groups excluding carboxylic acids is 1. The van der Waals surface area contributed by atoms with Gasteiger partial charge in [-0.15, -0.1) is 0 Å². The van der Waals surface area contributed by atoms with Gasteiger partial charge in [0.2, 0.25) is 0 Å². The van der Waals surface area contributed by atoms with Gasteiger partial charge in [-0.3, -0.25) is 9.78 Å². The summed E-state index contributed by atoms with van der Waals surface area (Å²) in [5, 5.41) is 7.26. The molecule has 0 aliphatic carbocycles. The summed E-state index contributed by atoms with van der Waals surface area (Å²) in [5.74, 6) is -0.147. The summed E-state index contributed by atoms with van der Waals surface area (Å²) in [6, 6.07) is 12.9. The van der Waals surface area contributed by atoms with Gasteiger partial charge < -0.3 is 5.32 Å². The zero-order valence-corrected chi connectivity index (χ0v) is 12.4. The molecule has 0 spiro atoms. The molecule has 2 heterocycles. The van der Waals surface area contributed by atoms with Gasteiger partial charge in [0.05, 0.1) is 11.4 Å². The molecule has 0 bridgehead atoms. The minimum Gasteiger partial charge on any atom is -0.322 e. The lowest BCUT2D eigenvalue weighted by Gasteiger charge is -2.07. The summed E-state index contributed by atoms with van der Waals surface area (Å²) in [6.07, 6.45) is 3.28. The number of carbonyl (C=O) groups is 1. The number of hydrogen-bond acceptors (Lipinski definition) is 3. The SMILES string of the molecule is Cc1cc(C)n(-c2ccc(C(=O)Nc3ccncc3)cc2)n1. The topological polar surface area (TPSA) is 59.8 Å². The highest BCUT2D eigenvalue weighted by Gasteiger charge is 2.08. The van der Waals surface area contributed by atoms with E-state index in [9.17, 15) is 4.79 Å². The first-order valence-corrected chi connectivity index (χ1v) is 6.98. The third-order valence-electron chi connectivity index (χ3n) is 3.32. The van der Waals surface area contributed by atoms with Gasteiger partial charge in [0.15, 0.2) is 0 Å². The van der Waals surface area contributed by atoms with Crippen molar-refractivity contribution in [1.29, 1.82) is 0 Å². The van der Waals surface area contributed by atoms with E-state index in [1.807, 2.05) is 36.7 Å². The van der Waals surface area contributed by atoms with E-state index in [2.05, 4.69) is 15.4 Å². The van der Waals surface area contributed by atoms with Crippen LogP contribution in [0.25, 0.3) is 5.69 Å². The average Bonchev–Trinajstić information content (AvgIpc) is 2.87. The summed E-state index contributed by atoms with van der Waals surface area (Å²) in [7, 11) is 0. The average molecular weight is 292 g/mol. The number of rotatable bonds is 3. The molecule has 0 atom stereocenters. The highest BCUT2D eigenvalue weighted by molar-refractivity contribution is 6.04. The summed E-state index contributed by atoms with van der Waals surface area (Å²) in [4.78, 5) is 16.1. The lowest BCUT2D eigenvalue weighted by atomic mass is 10.2. The van der Waals surface area contributed by atoms with E-state index in [1.54, 1.807) is 36.7 Å². The third kappa shape index (κ3) is 2.88. The molecule has 0 aliphatic rings. The Labute approximate surface area is 128 Å². The van der Waals surface area contributed by atoms with Crippen molar-refractivity contribution in [2.75, 3.05) is 5.32 Å². The van der Waals surface area contributed by atoms with Gasteiger partial charge in [0.25, 0.3) is 5.91 Å². The van der Waals surface area contributed by atoms with Crippen molar-refractivity contribution in [3.8, 4) is 5.69 Å². The maximum Gasteiger partial charge on any atom is 0.255 e. The first-order valence-electron chi connectivity index (χ1n) is 6.98. The molecule has 2 aromatic heterocycles. The molecule has 22 heavy (non-hydrogen) atoms. The first-order chi connectivity index (χ1) is 10.6. The fourth-order valence-corrected chi connectivity index (χ4v) is 2.28. The fourth-order valence-electron chi connectivity index (χ4n) is 2.28. The number of nitrogens with zero attached hydrogens (tertiary/aromatic N) is 3. The van der Waals surface area contributed by atoms with Crippen LogP contribution >= 0.6 is 0 Å². The molecule has 3 aromatic rings. The van der Waals surface area contributed by atoms with Crippen molar-refractivity contribution in [2.24, 2.45) is 0 Å². The van der Waals surface area contributed by atoms with E-state index in [-0.39, 0.29) is 5.91 Å². The molecule has 1 aromatic carbocycles. The molecule has 0 saturated carbocycles. The number of pyridine rings is 1. The number of nitrogens with one attached hydrogen (secondary N) is 1. The molecule has 110 valence electrons. The number of benzene rings is 1. The van der Waals surface area contributed by atoms with Crippen LogP contribution in [-0.2, 0) is 0 Å².